The third-order valence-electron chi connectivity index (χ3n) is 5.20. The van der Waals surface area contributed by atoms with Crippen LogP contribution >= 0.6 is 0 Å². The second-order valence-electron chi connectivity index (χ2n) is 7.33. The Bertz CT molecular complexity index is 978. The van der Waals surface area contributed by atoms with Crippen molar-refractivity contribution in [3.8, 4) is 0 Å². The van der Waals surface area contributed by atoms with Crippen LogP contribution in [0.15, 0.2) is 60.5 Å². The van der Waals surface area contributed by atoms with Crippen LogP contribution in [0.2, 0.25) is 0 Å². The number of para-hydroxylation sites is 1. The lowest BCUT2D eigenvalue weighted by Crippen LogP contribution is -2.55. The molecule has 1 fully saturated rings. The van der Waals surface area contributed by atoms with Gasteiger partial charge in [0.15, 0.2) is 12.0 Å². The first-order valence-corrected chi connectivity index (χ1v) is 9.50. The Kier molecular flexibility index (Phi) is 5.44. The number of pyridine rings is 1. The van der Waals surface area contributed by atoms with Crippen molar-refractivity contribution >= 4 is 10.9 Å². The van der Waals surface area contributed by atoms with Crippen LogP contribution in [-0.4, -0.2) is 51.8 Å². The van der Waals surface area contributed by atoms with Gasteiger partial charge in [0, 0.05) is 5.39 Å². The molecule has 160 valence electrons. The van der Waals surface area contributed by atoms with Crippen LogP contribution < -0.4 is 5.32 Å². The quantitative estimate of drug-likeness (QED) is 0.706. The highest BCUT2D eigenvalue weighted by Gasteiger charge is 2.47. The number of hydrogen-bond donors (Lipinski definition) is 3. The number of ether oxygens (including phenoxy) is 2. The molecule has 2 aliphatic heterocycles. The molecule has 0 spiro atoms. The zero-order chi connectivity index (χ0) is 21.5. The first-order valence-electron chi connectivity index (χ1n) is 9.50. The van der Waals surface area contributed by atoms with Crippen molar-refractivity contribution in [3.05, 3.63) is 66.2 Å². The van der Waals surface area contributed by atoms with Crippen molar-refractivity contribution in [3.63, 3.8) is 0 Å². The van der Waals surface area contributed by atoms with E-state index in [-0.39, 0.29) is 5.88 Å². The van der Waals surface area contributed by atoms with Crippen LogP contribution in [0.3, 0.4) is 0 Å². The van der Waals surface area contributed by atoms with Crippen molar-refractivity contribution in [2.45, 2.75) is 49.7 Å². The number of halogens is 3. The number of dihydropyridines is 1. The number of nitrogens with one attached hydrogen (secondary N) is 1. The van der Waals surface area contributed by atoms with E-state index in [0.29, 0.717) is 11.2 Å². The van der Waals surface area contributed by atoms with Gasteiger partial charge in [0.1, 0.15) is 24.4 Å². The summed E-state index contributed by atoms with van der Waals surface area (Å²) in [6, 6.07) is 9.04. The molecule has 1 aromatic heterocycles. The van der Waals surface area contributed by atoms with Gasteiger partial charge < -0.3 is 25.0 Å². The van der Waals surface area contributed by atoms with E-state index in [1.165, 1.54) is 12.2 Å². The Morgan fingerprint density at radius 1 is 1.10 bits per heavy atom. The number of aromatic nitrogens is 1. The fourth-order valence-electron chi connectivity index (χ4n) is 3.56. The molecule has 0 amide bonds. The summed E-state index contributed by atoms with van der Waals surface area (Å²) in [4.78, 5) is 4.56. The van der Waals surface area contributed by atoms with Crippen LogP contribution in [0.1, 0.15) is 18.7 Å². The van der Waals surface area contributed by atoms with Crippen molar-refractivity contribution < 1.29 is 32.9 Å². The van der Waals surface area contributed by atoms with E-state index in [1.54, 1.807) is 13.0 Å². The van der Waals surface area contributed by atoms with Crippen molar-refractivity contribution in [1.29, 1.82) is 0 Å². The predicted molar refractivity (Wildman–Crippen MR) is 102 cm³/mol. The van der Waals surface area contributed by atoms with E-state index in [1.807, 2.05) is 30.3 Å². The van der Waals surface area contributed by atoms with Crippen molar-refractivity contribution in [2.24, 2.45) is 0 Å². The molecule has 3 heterocycles. The zero-order valence-corrected chi connectivity index (χ0v) is 16.0. The highest BCUT2D eigenvalue weighted by atomic mass is 19.4. The van der Waals surface area contributed by atoms with Gasteiger partial charge in [0.2, 0.25) is 0 Å². The predicted octanol–water partition coefficient (Wildman–Crippen LogP) is 2.73. The molecule has 0 bridgehead atoms. The smallest absolute Gasteiger partial charge is 0.412 e. The van der Waals surface area contributed by atoms with Crippen molar-refractivity contribution in [1.82, 2.24) is 10.3 Å². The molecule has 1 saturated heterocycles. The standard InChI is InChI=1S/C21H21F3N2O4/c1-11-17(27)18(28)20(30-16-8-4-7-15(26-16)21(22,23)24)19(29-11)14-10-9-12-5-2-3-6-13(12)25-14/h2-11,15,17-20,26-28H,1H3/t11-,15?,17+,18+,19+,20-/m1/s1. The number of nitrogens with zero attached hydrogens (tertiary/aromatic N) is 1. The van der Waals surface area contributed by atoms with E-state index >= 15 is 0 Å². The van der Waals surface area contributed by atoms with E-state index in [0.717, 1.165) is 11.5 Å². The van der Waals surface area contributed by atoms with E-state index in [9.17, 15) is 23.4 Å². The van der Waals surface area contributed by atoms with E-state index in [2.05, 4.69) is 10.3 Å². The summed E-state index contributed by atoms with van der Waals surface area (Å²) in [5.74, 6) is -0.181. The van der Waals surface area contributed by atoms with Gasteiger partial charge in [0.05, 0.1) is 17.3 Å². The highest BCUT2D eigenvalue weighted by molar-refractivity contribution is 5.78. The first-order chi connectivity index (χ1) is 14.2. The third-order valence-corrected chi connectivity index (χ3v) is 5.20. The van der Waals surface area contributed by atoms with Gasteiger partial charge in [-0.15, -0.1) is 0 Å². The number of benzene rings is 1. The first kappa shape index (κ1) is 20.6. The molecule has 2 aliphatic rings. The van der Waals surface area contributed by atoms with Gasteiger partial charge in [-0.2, -0.15) is 13.2 Å². The van der Waals surface area contributed by atoms with E-state index in [4.69, 9.17) is 9.47 Å². The Balaban J connectivity index is 1.64. The Morgan fingerprint density at radius 3 is 2.63 bits per heavy atom. The fourth-order valence-corrected chi connectivity index (χ4v) is 3.56. The molecule has 6 atom stereocenters. The summed E-state index contributed by atoms with van der Waals surface area (Å²) >= 11 is 0. The average Bonchev–Trinajstić information content (AvgIpc) is 2.73. The number of allylic oxidation sites excluding steroid dienone is 2. The molecule has 30 heavy (non-hydrogen) atoms. The normalized spacial score (nSPS) is 31.9. The maximum atomic E-state index is 13.1. The molecule has 4 rings (SSSR count). The lowest BCUT2D eigenvalue weighted by atomic mass is 9.93. The average molecular weight is 422 g/mol. The lowest BCUT2D eigenvalue weighted by molar-refractivity contribution is -0.228. The molecule has 6 nitrogen and oxygen atoms in total. The second-order valence-corrected chi connectivity index (χ2v) is 7.33. The van der Waals surface area contributed by atoms with Gasteiger partial charge in [-0.25, -0.2) is 4.98 Å². The monoisotopic (exact) mass is 422 g/mol. The molecule has 0 saturated carbocycles. The van der Waals surface area contributed by atoms with Gasteiger partial charge in [0.25, 0.3) is 0 Å². The summed E-state index contributed by atoms with van der Waals surface area (Å²) in [6.07, 6.45) is -6.48. The minimum atomic E-state index is -4.51. The molecule has 1 unspecified atom stereocenters. The largest absolute Gasteiger partial charge is 0.470 e. The lowest BCUT2D eigenvalue weighted by Gasteiger charge is -2.42. The van der Waals surface area contributed by atoms with Crippen LogP contribution in [0.25, 0.3) is 10.9 Å². The Hall–Kier alpha value is -2.62. The topological polar surface area (TPSA) is 83.8 Å². The number of aliphatic hydroxyl groups excluding tert-OH is 2. The second kappa shape index (κ2) is 7.90. The summed E-state index contributed by atoms with van der Waals surface area (Å²) in [7, 11) is 0. The molecule has 0 aliphatic carbocycles. The van der Waals surface area contributed by atoms with Crippen molar-refractivity contribution in [2.75, 3.05) is 0 Å². The molecule has 2 aromatic rings. The molecule has 9 heteroatoms. The maximum Gasteiger partial charge on any atom is 0.412 e. The molecular weight excluding hydrogens is 401 g/mol. The minimum absolute atomic E-state index is 0.181. The van der Waals surface area contributed by atoms with Crippen LogP contribution in [0, 0.1) is 0 Å². The SMILES string of the molecule is C[C@H]1O[C@@H](c2ccc3ccccc3n2)[C@H](OC2=CC=CC(C(F)(F)F)N2)[C@@H](O)[C@H]1O. The molecule has 3 N–H and O–H groups in total. The summed E-state index contributed by atoms with van der Waals surface area (Å²) < 4.78 is 50.7. The van der Waals surface area contributed by atoms with Gasteiger partial charge in [-0.1, -0.05) is 36.4 Å². The number of fused-ring (bicyclic) bond motifs is 1. The highest BCUT2D eigenvalue weighted by Crippen LogP contribution is 2.35. The molecule has 1 aromatic carbocycles. The zero-order valence-electron chi connectivity index (χ0n) is 16.0. The van der Waals surface area contributed by atoms with Gasteiger partial charge in [-0.05, 0) is 25.1 Å². The molecular formula is C21H21F3N2O4. The summed E-state index contributed by atoms with van der Waals surface area (Å²) in [5.41, 5.74) is 1.14. The Morgan fingerprint density at radius 2 is 1.87 bits per heavy atom. The molecule has 0 radical (unpaired) electrons. The van der Waals surface area contributed by atoms with Crippen LogP contribution in [-0.2, 0) is 9.47 Å². The number of hydrogen-bond acceptors (Lipinski definition) is 6. The van der Waals surface area contributed by atoms with Crippen LogP contribution in [0.4, 0.5) is 13.2 Å². The number of aliphatic hydroxyl groups is 2. The maximum absolute atomic E-state index is 13.1. The summed E-state index contributed by atoms with van der Waals surface area (Å²) in [6.45, 7) is 1.60. The number of rotatable bonds is 3. The fraction of sp³-hybridized carbons (Fsp3) is 0.381. The Labute approximate surface area is 170 Å². The minimum Gasteiger partial charge on any atom is -0.470 e. The van der Waals surface area contributed by atoms with Crippen LogP contribution in [0.5, 0.6) is 0 Å². The van der Waals surface area contributed by atoms with Gasteiger partial charge >= 0.3 is 6.18 Å². The third kappa shape index (κ3) is 4.00. The number of alkyl halides is 3. The summed E-state index contributed by atoms with van der Waals surface area (Å²) in [5, 5.41) is 24.0. The van der Waals surface area contributed by atoms with Gasteiger partial charge in [-0.3, -0.25) is 0 Å². The van der Waals surface area contributed by atoms with E-state index < -0.39 is 42.7 Å².